The van der Waals surface area contributed by atoms with E-state index in [0.29, 0.717) is 5.76 Å². The van der Waals surface area contributed by atoms with Crippen LogP contribution >= 0.6 is 0 Å². The number of nitrogens with zero attached hydrogens (tertiary/aromatic N) is 3. The highest BCUT2D eigenvalue weighted by atomic mass is 16.6. The molecule has 0 bridgehead atoms. The Morgan fingerprint density at radius 1 is 1.56 bits per heavy atom. The molecule has 1 atom stereocenters. The Balaban J connectivity index is 2.26. The third-order valence-electron chi connectivity index (χ3n) is 2.43. The summed E-state index contributed by atoms with van der Waals surface area (Å²) in [6.45, 7) is 1.70. The summed E-state index contributed by atoms with van der Waals surface area (Å²) in [5.41, 5.74) is 0. The molecule has 0 saturated heterocycles. The van der Waals surface area contributed by atoms with Gasteiger partial charge in [0, 0.05) is 0 Å². The maximum Gasteiger partial charge on any atom is 0.389 e. The molecule has 0 fully saturated rings. The highest BCUT2D eigenvalue weighted by molar-refractivity contribution is 5.84. The first-order valence-corrected chi connectivity index (χ1v) is 5.01. The maximum absolute atomic E-state index is 10.7. The van der Waals surface area contributed by atoms with Crippen molar-refractivity contribution in [2.45, 2.75) is 13.0 Å². The second-order valence-corrected chi connectivity index (χ2v) is 3.59. The van der Waals surface area contributed by atoms with Crippen LogP contribution in [0.1, 0.15) is 29.3 Å². The van der Waals surface area contributed by atoms with Crippen molar-refractivity contribution in [3.8, 4) is 0 Å². The number of carboxylic acids is 1. The molecule has 0 aliphatic carbocycles. The van der Waals surface area contributed by atoms with Crippen LogP contribution in [-0.4, -0.2) is 25.8 Å². The zero-order valence-corrected chi connectivity index (χ0v) is 9.31. The second-order valence-electron chi connectivity index (χ2n) is 3.59. The van der Waals surface area contributed by atoms with Crippen LogP contribution in [0.15, 0.2) is 28.8 Å². The lowest BCUT2D eigenvalue weighted by Gasteiger charge is -2.04. The van der Waals surface area contributed by atoms with Crippen LogP contribution in [0, 0.1) is 10.1 Å². The van der Waals surface area contributed by atoms with Crippen LogP contribution in [0.5, 0.6) is 0 Å². The van der Waals surface area contributed by atoms with Crippen molar-refractivity contribution >= 4 is 11.8 Å². The highest BCUT2D eigenvalue weighted by Crippen LogP contribution is 2.21. The Labute approximate surface area is 101 Å². The van der Waals surface area contributed by atoms with Crippen LogP contribution < -0.4 is 0 Å². The lowest BCUT2D eigenvalue weighted by atomic mass is 10.2. The number of nitro groups is 1. The van der Waals surface area contributed by atoms with E-state index in [9.17, 15) is 14.9 Å². The molecule has 2 rings (SSSR count). The van der Waals surface area contributed by atoms with Gasteiger partial charge in [-0.1, -0.05) is 0 Å². The molecule has 1 N–H and O–H groups in total. The molecule has 0 radical (unpaired) electrons. The second kappa shape index (κ2) is 4.32. The van der Waals surface area contributed by atoms with E-state index < -0.39 is 16.9 Å². The minimum Gasteiger partial charge on any atom is -0.475 e. The van der Waals surface area contributed by atoms with E-state index in [2.05, 4.69) is 5.10 Å². The zero-order valence-electron chi connectivity index (χ0n) is 9.31. The summed E-state index contributed by atoms with van der Waals surface area (Å²) in [4.78, 5) is 20.6. The van der Waals surface area contributed by atoms with Gasteiger partial charge >= 0.3 is 11.8 Å². The molecular formula is C10H9N3O5. The number of hydrogen-bond donors (Lipinski definition) is 1. The lowest BCUT2D eigenvalue weighted by Crippen LogP contribution is -2.07. The van der Waals surface area contributed by atoms with Crippen molar-refractivity contribution < 1.29 is 19.2 Å². The molecule has 2 aromatic heterocycles. The first kappa shape index (κ1) is 11.8. The summed E-state index contributed by atoms with van der Waals surface area (Å²) < 4.78 is 6.44. The fraction of sp³-hybridized carbons (Fsp3) is 0.200. The van der Waals surface area contributed by atoms with Gasteiger partial charge in [-0.25, -0.2) is 4.79 Å². The summed E-state index contributed by atoms with van der Waals surface area (Å²) in [5, 5.41) is 23.0. The normalized spacial score (nSPS) is 12.3. The van der Waals surface area contributed by atoms with Crippen molar-refractivity contribution in [1.82, 2.24) is 9.78 Å². The standard InChI is InChI=1S/C10H9N3O5/c1-6(7-2-3-8(18-7)10(14)15)12-5-4-9(11-12)13(16)17/h2-6H,1H3,(H,14,15). The van der Waals surface area contributed by atoms with E-state index in [0.717, 1.165) is 0 Å². The number of carbonyl (C=O) groups is 1. The van der Waals surface area contributed by atoms with Crippen molar-refractivity contribution in [2.24, 2.45) is 0 Å². The highest BCUT2D eigenvalue weighted by Gasteiger charge is 2.20. The maximum atomic E-state index is 10.7. The van der Waals surface area contributed by atoms with E-state index in [4.69, 9.17) is 9.52 Å². The fourth-order valence-electron chi connectivity index (χ4n) is 1.46. The number of furan rings is 1. The smallest absolute Gasteiger partial charge is 0.389 e. The fourth-order valence-corrected chi connectivity index (χ4v) is 1.46. The molecule has 0 aliphatic rings. The molecular weight excluding hydrogens is 242 g/mol. The Bertz CT molecular complexity index is 548. The van der Waals surface area contributed by atoms with Crippen LogP contribution in [0.3, 0.4) is 0 Å². The van der Waals surface area contributed by atoms with Crippen LogP contribution in [0.2, 0.25) is 0 Å². The predicted octanol–water partition coefficient (Wildman–Crippen LogP) is 1.69. The predicted molar refractivity (Wildman–Crippen MR) is 58.4 cm³/mol. The molecule has 0 amide bonds. The monoisotopic (exact) mass is 251 g/mol. The lowest BCUT2D eigenvalue weighted by molar-refractivity contribution is -0.389. The van der Waals surface area contributed by atoms with E-state index >= 15 is 0 Å². The molecule has 2 heterocycles. The molecule has 18 heavy (non-hydrogen) atoms. The van der Waals surface area contributed by atoms with Crippen molar-refractivity contribution in [2.75, 3.05) is 0 Å². The van der Waals surface area contributed by atoms with Gasteiger partial charge < -0.3 is 19.6 Å². The summed E-state index contributed by atoms with van der Waals surface area (Å²) in [5.74, 6) is -1.25. The molecule has 94 valence electrons. The molecule has 0 saturated carbocycles. The van der Waals surface area contributed by atoms with Crippen molar-refractivity contribution in [3.05, 3.63) is 46.0 Å². The van der Waals surface area contributed by atoms with Crippen LogP contribution in [0.25, 0.3) is 0 Å². The van der Waals surface area contributed by atoms with Gasteiger partial charge in [0.2, 0.25) is 5.76 Å². The van der Waals surface area contributed by atoms with E-state index in [1.165, 1.54) is 29.1 Å². The zero-order chi connectivity index (χ0) is 13.3. The number of carboxylic acid groups (broad SMARTS) is 1. The quantitative estimate of drug-likeness (QED) is 0.653. The Kier molecular flexibility index (Phi) is 2.84. The van der Waals surface area contributed by atoms with E-state index in [1.54, 1.807) is 6.92 Å². The van der Waals surface area contributed by atoms with Gasteiger partial charge in [0.1, 0.15) is 11.8 Å². The summed E-state index contributed by atoms with van der Waals surface area (Å²) in [6, 6.07) is 3.66. The number of aromatic carboxylic acids is 1. The average molecular weight is 251 g/mol. The first-order valence-electron chi connectivity index (χ1n) is 5.01. The van der Waals surface area contributed by atoms with Crippen LogP contribution in [0.4, 0.5) is 5.82 Å². The molecule has 0 aromatic carbocycles. The average Bonchev–Trinajstić information content (AvgIpc) is 2.97. The Morgan fingerprint density at radius 2 is 2.28 bits per heavy atom. The summed E-state index contributed by atoms with van der Waals surface area (Å²) in [6.07, 6.45) is 1.44. The molecule has 0 spiro atoms. The van der Waals surface area contributed by atoms with E-state index in [1.807, 2.05) is 0 Å². The number of hydrogen-bond acceptors (Lipinski definition) is 5. The largest absolute Gasteiger partial charge is 0.475 e. The van der Waals surface area contributed by atoms with Gasteiger partial charge in [0.05, 0.1) is 17.4 Å². The molecule has 2 aromatic rings. The third kappa shape index (κ3) is 2.08. The molecule has 8 nitrogen and oxygen atoms in total. The Morgan fingerprint density at radius 3 is 2.78 bits per heavy atom. The topological polar surface area (TPSA) is 111 Å². The first-order chi connectivity index (χ1) is 8.49. The van der Waals surface area contributed by atoms with Gasteiger partial charge in [-0.2, -0.15) is 4.68 Å². The van der Waals surface area contributed by atoms with Crippen LogP contribution in [-0.2, 0) is 0 Å². The van der Waals surface area contributed by atoms with Crippen molar-refractivity contribution in [1.29, 1.82) is 0 Å². The van der Waals surface area contributed by atoms with Gasteiger partial charge in [-0.05, 0) is 24.0 Å². The molecule has 1 unspecified atom stereocenters. The van der Waals surface area contributed by atoms with Gasteiger partial charge in [0.25, 0.3) is 0 Å². The number of rotatable bonds is 4. The summed E-state index contributed by atoms with van der Waals surface area (Å²) in [7, 11) is 0. The van der Waals surface area contributed by atoms with Crippen molar-refractivity contribution in [3.63, 3.8) is 0 Å². The minimum absolute atomic E-state index is 0.182. The SMILES string of the molecule is CC(c1ccc(C(=O)O)o1)n1ccc([N+](=O)[O-])n1. The minimum atomic E-state index is -1.17. The van der Waals surface area contributed by atoms with Gasteiger partial charge in [-0.15, -0.1) is 0 Å². The third-order valence-corrected chi connectivity index (χ3v) is 2.43. The van der Waals surface area contributed by atoms with Gasteiger partial charge in [0.15, 0.2) is 0 Å². The Hall–Kier alpha value is -2.64. The van der Waals surface area contributed by atoms with E-state index in [-0.39, 0.29) is 11.6 Å². The summed E-state index contributed by atoms with van der Waals surface area (Å²) >= 11 is 0. The number of aromatic nitrogens is 2. The van der Waals surface area contributed by atoms with Gasteiger partial charge in [-0.3, -0.25) is 0 Å². The molecule has 0 aliphatic heterocycles. The molecule has 8 heteroatoms.